The second-order valence-electron chi connectivity index (χ2n) is 4.97. The number of rotatable bonds is 8. The van der Waals surface area contributed by atoms with E-state index in [1.54, 1.807) is 0 Å². The minimum atomic E-state index is -0.177. The molecule has 0 saturated heterocycles. The normalized spacial score (nSPS) is 14.6. The summed E-state index contributed by atoms with van der Waals surface area (Å²) in [6, 6.07) is 7.65. The standard InChI is InChI=1S/C15H25FN2S/c1-12(11-19-4)18(3)10-9-15(17-2)13-5-7-14(16)8-6-13/h5-8,12,15,17H,9-11H2,1-4H3. The first-order valence-electron chi connectivity index (χ1n) is 6.70. The van der Waals surface area contributed by atoms with Crippen LogP contribution in [0.1, 0.15) is 24.9 Å². The Balaban J connectivity index is 2.51. The van der Waals surface area contributed by atoms with Gasteiger partial charge in [0.2, 0.25) is 0 Å². The lowest BCUT2D eigenvalue weighted by Crippen LogP contribution is -2.33. The van der Waals surface area contributed by atoms with Crippen LogP contribution in [0, 0.1) is 5.82 Å². The van der Waals surface area contributed by atoms with Crippen LogP contribution < -0.4 is 5.32 Å². The van der Waals surface area contributed by atoms with Crippen LogP contribution in [0.3, 0.4) is 0 Å². The molecule has 1 aromatic carbocycles. The molecule has 2 unspecified atom stereocenters. The van der Waals surface area contributed by atoms with Crippen LogP contribution in [0.15, 0.2) is 24.3 Å². The van der Waals surface area contributed by atoms with Crippen molar-refractivity contribution in [3.05, 3.63) is 35.6 Å². The van der Waals surface area contributed by atoms with Gasteiger partial charge in [-0.1, -0.05) is 12.1 Å². The molecule has 0 fully saturated rings. The zero-order chi connectivity index (χ0) is 14.3. The Morgan fingerprint density at radius 1 is 1.32 bits per heavy atom. The highest BCUT2D eigenvalue weighted by Crippen LogP contribution is 2.18. The fourth-order valence-electron chi connectivity index (χ4n) is 2.09. The summed E-state index contributed by atoms with van der Waals surface area (Å²) < 4.78 is 12.9. The molecule has 4 heteroatoms. The fourth-order valence-corrected chi connectivity index (χ4v) is 2.83. The molecule has 19 heavy (non-hydrogen) atoms. The number of nitrogens with zero attached hydrogens (tertiary/aromatic N) is 1. The molecular formula is C15H25FN2S. The van der Waals surface area contributed by atoms with Crippen molar-refractivity contribution >= 4 is 11.8 Å². The maximum absolute atomic E-state index is 12.9. The third kappa shape index (κ3) is 5.51. The molecule has 0 heterocycles. The molecule has 108 valence electrons. The van der Waals surface area contributed by atoms with Crippen molar-refractivity contribution in [1.29, 1.82) is 0 Å². The summed E-state index contributed by atoms with van der Waals surface area (Å²) in [5, 5.41) is 3.31. The second-order valence-corrected chi connectivity index (χ2v) is 5.88. The highest BCUT2D eigenvalue weighted by atomic mass is 32.2. The quantitative estimate of drug-likeness (QED) is 0.789. The first-order chi connectivity index (χ1) is 9.08. The summed E-state index contributed by atoms with van der Waals surface area (Å²) >= 11 is 1.88. The maximum atomic E-state index is 12.9. The fraction of sp³-hybridized carbons (Fsp3) is 0.600. The number of hydrogen-bond acceptors (Lipinski definition) is 3. The Morgan fingerprint density at radius 2 is 1.95 bits per heavy atom. The predicted octanol–water partition coefficient (Wildman–Crippen LogP) is 3.16. The predicted molar refractivity (Wildman–Crippen MR) is 83.3 cm³/mol. The van der Waals surface area contributed by atoms with E-state index in [2.05, 4.69) is 30.4 Å². The van der Waals surface area contributed by atoms with E-state index in [1.807, 2.05) is 30.9 Å². The Morgan fingerprint density at radius 3 is 2.47 bits per heavy atom. The van der Waals surface area contributed by atoms with Gasteiger partial charge in [-0.15, -0.1) is 0 Å². The molecule has 2 nitrogen and oxygen atoms in total. The molecule has 0 aliphatic rings. The largest absolute Gasteiger partial charge is 0.313 e. The van der Waals surface area contributed by atoms with Crippen LogP contribution in [-0.4, -0.2) is 43.6 Å². The number of halogens is 1. The van der Waals surface area contributed by atoms with Gasteiger partial charge in [-0.3, -0.25) is 0 Å². The van der Waals surface area contributed by atoms with E-state index in [4.69, 9.17) is 0 Å². The van der Waals surface area contributed by atoms with Gasteiger partial charge in [0.05, 0.1) is 0 Å². The first kappa shape index (κ1) is 16.5. The summed E-state index contributed by atoms with van der Waals surface area (Å²) in [4.78, 5) is 2.38. The van der Waals surface area contributed by atoms with Crippen molar-refractivity contribution in [2.24, 2.45) is 0 Å². The Hall–Kier alpha value is -0.580. The van der Waals surface area contributed by atoms with E-state index >= 15 is 0 Å². The summed E-state index contributed by atoms with van der Waals surface area (Å²) in [5.74, 6) is 0.974. The molecule has 0 radical (unpaired) electrons. The second kappa shape index (κ2) is 8.56. The van der Waals surface area contributed by atoms with E-state index < -0.39 is 0 Å². The van der Waals surface area contributed by atoms with Crippen LogP contribution in [0.25, 0.3) is 0 Å². The molecule has 0 amide bonds. The van der Waals surface area contributed by atoms with Crippen molar-refractivity contribution < 1.29 is 4.39 Å². The molecule has 0 saturated carbocycles. The van der Waals surface area contributed by atoms with Crippen LogP contribution in [0.5, 0.6) is 0 Å². The Bertz CT molecular complexity index is 356. The van der Waals surface area contributed by atoms with Crippen LogP contribution in [-0.2, 0) is 0 Å². The molecule has 0 spiro atoms. The van der Waals surface area contributed by atoms with Gasteiger partial charge in [0, 0.05) is 17.8 Å². The van der Waals surface area contributed by atoms with Gasteiger partial charge in [0.25, 0.3) is 0 Å². The number of nitrogens with one attached hydrogen (secondary N) is 1. The van der Waals surface area contributed by atoms with Crippen LogP contribution in [0.2, 0.25) is 0 Å². The van der Waals surface area contributed by atoms with Crippen LogP contribution in [0.4, 0.5) is 4.39 Å². The van der Waals surface area contributed by atoms with E-state index in [-0.39, 0.29) is 11.9 Å². The van der Waals surface area contributed by atoms with Gasteiger partial charge < -0.3 is 10.2 Å². The smallest absolute Gasteiger partial charge is 0.123 e. The van der Waals surface area contributed by atoms with Crippen molar-refractivity contribution in [1.82, 2.24) is 10.2 Å². The highest BCUT2D eigenvalue weighted by molar-refractivity contribution is 7.98. The number of thioether (sulfide) groups is 1. The summed E-state index contributed by atoms with van der Waals surface area (Å²) in [5.41, 5.74) is 1.15. The van der Waals surface area contributed by atoms with Gasteiger partial charge in [-0.2, -0.15) is 11.8 Å². The Kier molecular flexibility index (Phi) is 7.42. The topological polar surface area (TPSA) is 15.3 Å². The zero-order valence-corrected chi connectivity index (χ0v) is 13.1. The highest BCUT2D eigenvalue weighted by Gasteiger charge is 2.13. The van der Waals surface area contributed by atoms with Crippen molar-refractivity contribution in [3.63, 3.8) is 0 Å². The molecule has 0 aliphatic carbocycles. The third-order valence-electron chi connectivity index (χ3n) is 3.55. The van der Waals surface area contributed by atoms with Crippen molar-refractivity contribution in [2.75, 3.05) is 32.6 Å². The molecule has 2 atom stereocenters. The van der Waals surface area contributed by atoms with Crippen molar-refractivity contribution in [3.8, 4) is 0 Å². The molecule has 0 bridgehead atoms. The minimum absolute atomic E-state index is 0.177. The molecule has 1 rings (SSSR count). The average Bonchev–Trinajstić information content (AvgIpc) is 2.41. The monoisotopic (exact) mass is 284 g/mol. The van der Waals surface area contributed by atoms with Crippen LogP contribution >= 0.6 is 11.8 Å². The number of hydrogen-bond donors (Lipinski definition) is 1. The minimum Gasteiger partial charge on any atom is -0.313 e. The van der Waals surface area contributed by atoms with E-state index in [9.17, 15) is 4.39 Å². The average molecular weight is 284 g/mol. The zero-order valence-electron chi connectivity index (χ0n) is 12.3. The summed E-state index contributed by atoms with van der Waals surface area (Å²) in [6.45, 7) is 3.29. The Labute approximate surface area is 120 Å². The molecule has 1 aromatic rings. The lowest BCUT2D eigenvalue weighted by Gasteiger charge is -2.26. The van der Waals surface area contributed by atoms with E-state index in [0.29, 0.717) is 6.04 Å². The number of benzene rings is 1. The lowest BCUT2D eigenvalue weighted by molar-refractivity contribution is 0.262. The van der Waals surface area contributed by atoms with E-state index in [0.717, 1.165) is 24.3 Å². The molecule has 0 aromatic heterocycles. The molecular weight excluding hydrogens is 259 g/mol. The van der Waals surface area contributed by atoms with E-state index in [1.165, 1.54) is 12.1 Å². The van der Waals surface area contributed by atoms with Gasteiger partial charge >= 0.3 is 0 Å². The van der Waals surface area contributed by atoms with Gasteiger partial charge in [0.1, 0.15) is 5.82 Å². The van der Waals surface area contributed by atoms with Gasteiger partial charge in [-0.05, 0) is 57.9 Å². The van der Waals surface area contributed by atoms with Gasteiger partial charge in [0.15, 0.2) is 0 Å². The third-order valence-corrected chi connectivity index (χ3v) is 4.37. The van der Waals surface area contributed by atoms with Crippen molar-refractivity contribution in [2.45, 2.75) is 25.4 Å². The maximum Gasteiger partial charge on any atom is 0.123 e. The molecule has 1 N–H and O–H groups in total. The first-order valence-corrected chi connectivity index (χ1v) is 8.09. The summed E-state index contributed by atoms with van der Waals surface area (Å²) in [6.07, 6.45) is 3.16. The lowest BCUT2D eigenvalue weighted by atomic mass is 10.0. The van der Waals surface area contributed by atoms with Gasteiger partial charge in [-0.25, -0.2) is 4.39 Å². The SMILES string of the molecule is CNC(CCN(C)C(C)CSC)c1ccc(F)cc1. The molecule has 0 aliphatic heterocycles. The summed E-state index contributed by atoms with van der Waals surface area (Å²) in [7, 11) is 4.12.